The van der Waals surface area contributed by atoms with Crippen molar-refractivity contribution >= 4 is 33.3 Å². The molecule has 2 N–H and O–H groups in total. The van der Waals surface area contributed by atoms with Crippen molar-refractivity contribution < 1.29 is 13.2 Å². The number of sulfone groups is 1. The van der Waals surface area contributed by atoms with Gasteiger partial charge in [-0.15, -0.1) is 11.8 Å². The number of urea groups is 1. The van der Waals surface area contributed by atoms with E-state index < -0.39 is 9.84 Å². The number of carbonyl (C=O) groups excluding carboxylic acids is 1. The lowest BCUT2D eigenvalue weighted by Crippen LogP contribution is -2.38. The third-order valence-electron chi connectivity index (χ3n) is 3.00. The van der Waals surface area contributed by atoms with Gasteiger partial charge in [0.1, 0.15) is 0 Å². The van der Waals surface area contributed by atoms with Crippen molar-refractivity contribution in [2.24, 2.45) is 0 Å². The topological polar surface area (TPSA) is 75.3 Å². The average Bonchev–Trinajstić information content (AvgIpc) is 2.71. The number of benzene rings is 1. The van der Waals surface area contributed by atoms with E-state index in [1.54, 1.807) is 11.8 Å². The van der Waals surface area contributed by atoms with Gasteiger partial charge in [-0.25, -0.2) is 13.2 Å². The summed E-state index contributed by atoms with van der Waals surface area (Å²) in [4.78, 5) is 12.9. The second-order valence-corrected chi connectivity index (χ2v) is 8.16. The van der Waals surface area contributed by atoms with Gasteiger partial charge in [0.15, 0.2) is 9.84 Å². The lowest BCUT2D eigenvalue weighted by molar-refractivity contribution is 0.249. The Morgan fingerprint density at radius 1 is 1.40 bits per heavy atom. The van der Waals surface area contributed by atoms with Crippen molar-refractivity contribution in [3.05, 3.63) is 24.3 Å². The molecule has 0 radical (unpaired) electrons. The first-order valence-corrected chi connectivity index (χ1v) is 9.30. The summed E-state index contributed by atoms with van der Waals surface area (Å²) in [5, 5.41) is 5.50. The lowest BCUT2D eigenvalue weighted by atomic mass is 10.3. The molecule has 1 aromatic rings. The molecule has 1 aliphatic rings. The van der Waals surface area contributed by atoms with E-state index in [9.17, 15) is 13.2 Å². The van der Waals surface area contributed by atoms with Gasteiger partial charge in [0.05, 0.1) is 17.2 Å². The number of thioether (sulfide) groups is 1. The second-order valence-electron chi connectivity index (χ2n) is 4.63. The Morgan fingerprint density at radius 2 is 2.15 bits per heavy atom. The standard InChI is InChI=1S/C13H18N2O3S2/c1-2-19-12-6-4-3-5-11(12)15-13(16)14-10-7-8-20(17,18)9-10/h3-6,10H,2,7-9H2,1H3,(H2,14,15,16)/t10-/m0/s1. The number of hydrogen-bond acceptors (Lipinski definition) is 4. The van der Waals surface area contributed by atoms with E-state index in [0.717, 1.165) is 16.3 Å². The summed E-state index contributed by atoms with van der Waals surface area (Å²) in [6.07, 6.45) is 0.487. The van der Waals surface area contributed by atoms with Gasteiger partial charge >= 0.3 is 6.03 Å². The molecule has 0 aliphatic carbocycles. The zero-order valence-corrected chi connectivity index (χ0v) is 12.9. The zero-order chi connectivity index (χ0) is 14.6. The molecule has 0 spiro atoms. The van der Waals surface area contributed by atoms with E-state index >= 15 is 0 Å². The number of amides is 2. The first-order chi connectivity index (χ1) is 9.50. The molecule has 1 aromatic carbocycles. The smallest absolute Gasteiger partial charge is 0.319 e. The van der Waals surface area contributed by atoms with Crippen molar-refractivity contribution in [3.63, 3.8) is 0 Å². The molecule has 0 bridgehead atoms. The van der Waals surface area contributed by atoms with Crippen molar-refractivity contribution in [3.8, 4) is 0 Å². The Hall–Kier alpha value is -1.21. The van der Waals surface area contributed by atoms with Crippen LogP contribution in [0.4, 0.5) is 10.5 Å². The number of anilines is 1. The van der Waals surface area contributed by atoms with Crippen molar-refractivity contribution in [1.29, 1.82) is 0 Å². The third-order valence-corrected chi connectivity index (χ3v) is 5.73. The van der Waals surface area contributed by atoms with E-state index in [1.807, 2.05) is 31.2 Å². The Morgan fingerprint density at radius 3 is 2.80 bits per heavy atom. The molecule has 1 aliphatic heterocycles. The minimum absolute atomic E-state index is 0.0335. The first kappa shape index (κ1) is 15.2. The highest BCUT2D eigenvalue weighted by molar-refractivity contribution is 7.99. The van der Waals surface area contributed by atoms with Crippen LogP contribution in [0, 0.1) is 0 Å². The normalized spacial score (nSPS) is 20.6. The van der Waals surface area contributed by atoms with Crippen molar-refractivity contribution in [2.45, 2.75) is 24.3 Å². The maximum atomic E-state index is 11.9. The predicted molar refractivity (Wildman–Crippen MR) is 82.1 cm³/mol. The summed E-state index contributed by atoms with van der Waals surface area (Å²) >= 11 is 1.65. The number of nitrogens with one attached hydrogen (secondary N) is 2. The van der Waals surface area contributed by atoms with Gasteiger partial charge in [0, 0.05) is 10.9 Å². The van der Waals surface area contributed by atoms with E-state index in [-0.39, 0.29) is 23.6 Å². The molecule has 1 heterocycles. The maximum Gasteiger partial charge on any atom is 0.319 e. The minimum atomic E-state index is -2.98. The third kappa shape index (κ3) is 4.14. The fourth-order valence-corrected chi connectivity index (χ4v) is 4.54. The second kappa shape index (κ2) is 6.49. The number of para-hydroxylation sites is 1. The summed E-state index contributed by atoms with van der Waals surface area (Å²) in [6, 6.07) is 6.93. The Bertz CT molecular complexity index is 587. The van der Waals surface area contributed by atoms with E-state index in [4.69, 9.17) is 0 Å². The van der Waals surface area contributed by atoms with Crippen LogP contribution in [0.5, 0.6) is 0 Å². The predicted octanol–water partition coefficient (Wildman–Crippen LogP) is 2.11. The Labute approximate surface area is 123 Å². The molecule has 20 heavy (non-hydrogen) atoms. The van der Waals surface area contributed by atoms with Crippen LogP contribution in [0.2, 0.25) is 0 Å². The van der Waals surface area contributed by atoms with Crippen molar-refractivity contribution in [1.82, 2.24) is 5.32 Å². The molecule has 110 valence electrons. The highest BCUT2D eigenvalue weighted by Crippen LogP contribution is 2.26. The van der Waals surface area contributed by atoms with E-state index in [0.29, 0.717) is 6.42 Å². The van der Waals surface area contributed by atoms with Gasteiger partial charge in [-0.1, -0.05) is 19.1 Å². The molecule has 1 fully saturated rings. The average molecular weight is 314 g/mol. The maximum absolute atomic E-state index is 11.9. The molecule has 5 nitrogen and oxygen atoms in total. The number of hydrogen-bond donors (Lipinski definition) is 2. The van der Waals surface area contributed by atoms with Gasteiger partial charge in [0.25, 0.3) is 0 Å². The molecular formula is C13H18N2O3S2. The van der Waals surface area contributed by atoms with Crippen LogP contribution in [-0.4, -0.2) is 37.7 Å². The van der Waals surface area contributed by atoms with Gasteiger partial charge in [-0.05, 0) is 24.3 Å². The van der Waals surface area contributed by atoms with Crippen molar-refractivity contribution in [2.75, 3.05) is 22.6 Å². The number of carbonyl (C=O) groups is 1. The highest BCUT2D eigenvalue weighted by atomic mass is 32.2. The van der Waals surface area contributed by atoms with Gasteiger partial charge in [0.2, 0.25) is 0 Å². The lowest BCUT2D eigenvalue weighted by Gasteiger charge is -2.14. The fourth-order valence-electron chi connectivity index (χ4n) is 2.10. The van der Waals surface area contributed by atoms with Crippen LogP contribution < -0.4 is 10.6 Å². The number of rotatable bonds is 4. The molecule has 1 atom stereocenters. The SMILES string of the molecule is CCSc1ccccc1NC(=O)N[C@H]1CCS(=O)(=O)C1. The van der Waals surface area contributed by atoms with Crippen LogP contribution in [0.15, 0.2) is 29.2 Å². The summed E-state index contributed by atoms with van der Waals surface area (Å²) < 4.78 is 22.7. The van der Waals surface area contributed by atoms with Crippen LogP contribution in [0.3, 0.4) is 0 Å². The quantitative estimate of drug-likeness (QED) is 0.835. The molecule has 7 heteroatoms. The van der Waals surface area contributed by atoms with Gasteiger partial charge < -0.3 is 10.6 Å². The molecule has 0 unspecified atom stereocenters. The summed E-state index contributed by atoms with van der Waals surface area (Å²) in [6.45, 7) is 2.05. The monoisotopic (exact) mass is 314 g/mol. The van der Waals surface area contributed by atoms with Gasteiger partial charge in [-0.2, -0.15) is 0 Å². The molecule has 2 rings (SSSR count). The zero-order valence-electron chi connectivity index (χ0n) is 11.3. The molecule has 0 saturated carbocycles. The molecule has 0 aromatic heterocycles. The van der Waals surface area contributed by atoms with Crippen LogP contribution in [-0.2, 0) is 9.84 Å². The fraction of sp³-hybridized carbons (Fsp3) is 0.462. The Balaban J connectivity index is 1.95. The van der Waals surface area contributed by atoms with Gasteiger partial charge in [-0.3, -0.25) is 0 Å². The molecule has 2 amide bonds. The first-order valence-electron chi connectivity index (χ1n) is 6.50. The highest BCUT2D eigenvalue weighted by Gasteiger charge is 2.28. The molecule has 1 saturated heterocycles. The summed E-state index contributed by atoms with van der Waals surface area (Å²) in [7, 11) is -2.98. The molecular weight excluding hydrogens is 296 g/mol. The minimum Gasteiger partial charge on any atom is -0.334 e. The summed E-state index contributed by atoms with van der Waals surface area (Å²) in [5.74, 6) is 1.10. The van der Waals surface area contributed by atoms with Crippen LogP contribution in [0.25, 0.3) is 0 Å². The van der Waals surface area contributed by atoms with E-state index in [2.05, 4.69) is 10.6 Å². The van der Waals surface area contributed by atoms with Crippen LogP contribution in [0.1, 0.15) is 13.3 Å². The largest absolute Gasteiger partial charge is 0.334 e. The summed E-state index contributed by atoms with van der Waals surface area (Å²) in [5.41, 5.74) is 0.748. The Kier molecular flexibility index (Phi) is 4.93. The van der Waals surface area contributed by atoms with E-state index in [1.165, 1.54) is 0 Å². The van der Waals surface area contributed by atoms with Crippen LogP contribution >= 0.6 is 11.8 Å².